The number of nitrogens with one attached hydrogen (secondary N) is 1. The zero-order valence-corrected chi connectivity index (χ0v) is 30.5. The van der Waals surface area contributed by atoms with E-state index in [9.17, 15) is 37.8 Å². The summed E-state index contributed by atoms with van der Waals surface area (Å²) in [6, 6.07) is 3.18. The first-order chi connectivity index (χ1) is 25.0. The van der Waals surface area contributed by atoms with Crippen LogP contribution in [0.4, 0.5) is 24.8 Å². The van der Waals surface area contributed by atoms with Gasteiger partial charge in [0.25, 0.3) is 11.5 Å². The van der Waals surface area contributed by atoms with Crippen LogP contribution in [0.5, 0.6) is 5.75 Å². The number of benzene rings is 1. The first-order valence-electron chi connectivity index (χ1n) is 17.3. The summed E-state index contributed by atoms with van der Waals surface area (Å²) in [5.41, 5.74) is 0.0889. The largest absolute Gasteiger partial charge is 0.504 e. The first-order valence-corrected chi connectivity index (χ1v) is 17.7. The summed E-state index contributed by atoms with van der Waals surface area (Å²) in [6.45, 7) is 7.48. The molecule has 1 amide bonds. The summed E-state index contributed by atoms with van der Waals surface area (Å²) in [5.74, 6) is 0.187. The molecule has 5 heterocycles. The number of anilines is 2. The highest BCUT2D eigenvalue weighted by atomic mass is 35.5. The van der Waals surface area contributed by atoms with Crippen molar-refractivity contribution in [1.82, 2.24) is 34.0 Å². The van der Waals surface area contributed by atoms with Crippen LogP contribution in [0.3, 0.4) is 0 Å². The number of hydrogen-bond donors (Lipinski definition) is 3. The van der Waals surface area contributed by atoms with Crippen molar-refractivity contribution in [3.63, 3.8) is 0 Å². The molecule has 0 radical (unpaired) electrons. The molecule has 1 spiro atoms. The number of halogens is 4. The van der Waals surface area contributed by atoms with Crippen molar-refractivity contribution in [2.24, 2.45) is 0 Å². The number of piperidine rings is 2. The molecule has 2 fully saturated rings. The molecule has 18 heteroatoms. The summed E-state index contributed by atoms with van der Waals surface area (Å²) in [6.07, 6.45) is 0.720. The van der Waals surface area contributed by atoms with Crippen molar-refractivity contribution in [1.29, 1.82) is 0 Å². The molecule has 14 nitrogen and oxygen atoms in total. The predicted octanol–water partition coefficient (Wildman–Crippen LogP) is 4.33. The molecule has 3 N–H and O–H groups in total. The third-order valence-corrected chi connectivity index (χ3v) is 10.9. The van der Waals surface area contributed by atoms with Gasteiger partial charge in [-0.15, -0.1) is 5.10 Å². The number of rotatable bonds is 5. The second kappa shape index (κ2) is 14.2. The number of carbonyl (C=O) groups excluding carboxylic acids is 2. The Balaban J connectivity index is 0.000000314. The van der Waals surface area contributed by atoms with E-state index in [1.807, 2.05) is 16.4 Å². The molecule has 4 aromatic rings. The molecule has 2 saturated heterocycles. The molecule has 2 aliphatic heterocycles. The maximum absolute atomic E-state index is 14.1. The lowest BCUT2D eigenvalue weighted by atomic mass is 9.73. The van der Waals surface area contributed by atoms with Crippen LogP contribution in [-0.4, -0.2) is 95.3 Å². The minimum Gasteiger partial charge on any atom is -0.504 e. The van der Waals surface area contributed by atoms with Crippen molar-refractivity contribution in [2.45, 2.75) is 82.5 Å². The number of amides is 1. The number of nitrogens with zero attached hydrogens (tertiary/aromatic N) is 8. The summed E-state index contributed by atoms with van der Waals surface area (Å²) in [5, 5.41) is 28.0. The van der Waals surface area contributed by atoms with Gasteiger partial charge in [-0.05, 0) is 70.1 Å². The zero-order chi connectivity index (χ0) is 38.5. The van der Waals surface area contributed by atoms with Crippen LogP contribution in [-0.2, 0) is 22.9 Å². The maximum Gasteiger partial charge on any atom is 0.416 e. The van der Waals surface area contributed by atoms with Crippen LogP contribution in [0, 0.1) is 6.92 Å². The van der Waals surface area contributed by atoms with E-state index in [1.54, 1.807) is 18.9 Å². The van der Waals surface area contributed by atoms with Crippen molar-refractivity contribution in [3.8, 4) is 5.75 Å². The van der Waals surface area contributed by atoms with Gasteiger partial charge in [0, 0.05) is 49.9 Å². The Morgan fingerprint density at radius 1 is 1.13 bits per heavy atom. The molecule has 3 aromatic heterocycles. The van der Waals surface area contributed by atoms with Gasteiger partial charge in [0.15, 0.2) is 11.4 Å². The number of aryl methyl sites for hydroxylation is 1. The van der Waals surface area contributed by atoms with Crippen LogP contribution in [0.25, 0.3) is 5.78 Å². The molecular weight excluding hydrogens is 719 g/mol. The van der Waals surface area contributed by atoms with Crippen molar-refractivity contribution in [3.05, 3.63) is 68.1 Å². The number of carbonyl (C=O) groups is 2. The number of aldehydes is 1. The van der Waals surface area contributed by atoms with E-state index in [0.717, 1.165) is 30.5 Å². The number of likely N-dealkylation sites (tertiary alicyclic amines) is 1. The molecule has 1 aliphatic carbocycles. The average Bonchev–Trinajstić information content (AvgIpc) is 3.68. The van der Waals surface area contributed by atoms with Gasteiger partial charge in [-0.3, -0.25) is 9.59 Å². The summed E-state index contributed by atoms with van der Waals surface area (Å²) in [4.78, 5) is 55.3. The Kier molecular flexibility index (Phi) is 10.2. The van der Waals surface area contributed by atoms with Crippen molar-refractivity contribution < 1.29 is 33.0 Å². The normalized spacial score (nSPS) is 19.2. The molecule has 3 aliphatic rings. The Hall–Kier alpha value is -4.77. The van der Waals surface area contributed by atoms with Crippen molar-refractivity contribution >= 4 is 41.2 Å². The number of aromatic hydroxyl groups is 1. The Morgan fingerprint density at radius 3 is 2.42 bits per heavy atom. The summed E-state index contributed by atoms with van der Waals surface area (Å²) in [7, 11) is 1.59. The second-order valence-corrected chi connectivity index (χ2v) is 14.6. The van der Waals surface area contributed by atoms with E-state index < -0.39 is 22.8 Å². The van der Waals surface area contributed by atoms with Crippen LogP contribution in [0.15, 0.2) is 29.3 Å². The van der Waals surface area contributed by atoms with E-state index in [0.29, 0.717) is 80.5 Å². The third kappa shape index (κ3) is 7.15. The number of aromatic nitrogens is 6. The quantitative estimate of drug-likeness (QED) is 0.248. The van der Waals surface area contributed by atoms with Gasteiger partial charge in [-0.25, -0.2) is 9.97 Å². The van der Waals surface area contributed by atoms with Gasteiger partial charge in [0.2, 0.25) is 11.7 Å². The van der Waals surface area contributed by atoms with E-state index in [2.05, 4.69) is 27.3 Å². The fraction of sp³-hybridized carbons (Fsp3) is 0.514. The summed E-state index contributed by atoms with van der Waals surface area (Å²) < 4.78 is 39.5. The van der Waals surface area contributed by atoms with Crippen LogP contribution in [0.2, 0.25) is 5.02 Å². The molecule has 0 saturated carbocycles. The van der Waals surface area contributed by atoms with Gasteiger partial charge in [-0.2, -0.15) is 22.7 Å². The molecule has 284 valence electrons. The minimum absolute atomic E-state index is 0.00805. The van der Waals surface area contributed by atoms with Crippen molar-refractivity contribution in [2.75, 3.05) is 43.4 Å². The molecule has 1 aromatic carbocycles. The van der Waals surface area contributed by atoms with Crippen LogP contribution in [0.1, 0.15) is 84.9 Å². The monoisotopic (exact) mass is 759 g/mol. The van der Waals surface area contributed by atoms with Gasteiger partial charge >= 0.3 is 6.18 Å². The van der Waals surface area contributed by atoms with E-state index >= 15 is 0 Å². The zero-order valence-electron chi connectivity index (χ0n) is 29.7. The number of alkyl halides is 3. The Morgan fingerprint density at radius 2 is 1.81 bits per heavy atom. The van der Waals surface area contributed by atoms with Gasteiger partial charge in [0.05, 0.1) is 34.1 Å². The first kappa shape index (κ1) is 38.0. The topological polar surface area (TPSA) is 171 Å². The smallest absolute Gasteiger partial charge is 0.416 e. The highest BCUT2D eigenvalue weighted by Crippen LogP contribution is 2.50. The second-order valence-electron chi connectivity index (χ2n) is 14.2. The summed E-state index contributed by atoms with van der Waals surface area (Å²) >= 11 is 5.57. The average molecular weight is 760 g/mol. The lowest BCUT2D eigenvalue weighted by molar-refractivity contribution is -0.137. The lowest BCUT2D eigenvalue weighted by Gasteiger charge is -2.39. The lowest BCUT2D eigenvalue weighted by Crippen LogP contribution is -2.46. The highest BCUT2D eigenvalue weighted by molar-refractivity contribution is 6.33. The molecule has 53 heavy (non-hydrogen) atoms. The molecular formula is C35H41ClF3N9O5. The third-order valence-electron chi connectivity index (χ3n) is 10.6. The molecule has 7 rings (SSSR count). The Bertz CT molecular complexity index is 2100. The fourth-order valence-electron chi connectivity index (χ4n) is 7.69. The van der Waals surface area contributed by atoms with E-state index in [4.69, 9.17) is 16.6 Å². The number of aliphatic hydroxyl groups is 1. The maximum atomic E-state index is 14.1. The highest BCUT2D eigenvalue weighted by Gasteiger charge is 2.49. The van der Waals surface area contributed by atoms with E-state index in [-0.39, 0.29) is 40.4 Å². The fourth-order valence-corrected chi connectivity index (χ4v) is 7.97. The van der Waals surface area contributed by atoms with Gasteiger partial charge in [0.1, 0.15) is 12.6 Å². The SMILES string of the molecule is CNc1ccc(C(F)(F)F)cc1Cl.Cc1ncnc(C(=O)N2CCC3(CC2)CC(C)c2c3c(=O)n3nc(N4CCC(C)(O)CC4)nc3n2CC=O)c1O. The van der Waals surface area contributed by atoms with E-state index in [1.165, 1.54) is 16.9 Å². The molecule has 1 atom stereocenters. The van der Waals surface area contributed by atoms with Crippen LogP contribution >= 0.6 is 11.6 Å². The number of hydrogen-bond acceptors (Lipinski definition) is 11. The van der Waals surface area contributed by atoms with Gasteiger partial charge < -0.3 is 34.7 Å². The standard InChI is InChI=1S/C27H34N8O5.C8H7ClF3N/c1-16-14-27(6-10-32(11-7-27)23(39)19-21(37)17(2)28-15-29-19)18-20(16)34(12-13-36)25-30-24(31-35(25)22(18)38)33-8-4-26(3,40)5-9-33;1-13-7-3-2-5(4-6(7)9)8(10,11)12/h13,15-16,37,40H,4-12,14H2,1-3H3;2-4,13H,1H3. The van der Waals surface area contributed by atoms with Crippen LogP contribution < -0.4 is 15.8 Å². The number of fused-ring (bicyclic) bond motifs is 3. The molecule has 1 unspecified atom stereocenters. The van der Waals surface area contributed by atoms with Gasteiger partial charge in [-0.1, -0.05) is 18.5 Å². The Labute approximate surface area is 307 Å². The molecule has 0 bridgehead atoms. The minimum atomic E-state index is -4.34. The predicted molar refractivity (Wildman–Crippen MR) is 190 cm³/mol.